The quantitative estimate of drug-likeness (QED) is 0.755. The van der Waals surface area contributed by atoms with Gasteiger partial charge in [-0.3, -0.25) is 0 Å². The number of hydrogen-bond acceptors (Lipinski definition) is 3. The van der Waals surface area contributed by atoms with E-state index in [1.807, 2.05) is 6.92 Å². The zero-order chi connectivity index (χ0) is 10.2. The van der Waals surface area contributed by atoms with Gasteiger partial charge in [0, 0.05) is 0 Å². The van der Waals surface area contributed by atoms with Crippen LogP contribution in [0, 0.1) is 0 Å². The Morgan fingerprint density at radius 3 is 2.79 bits per heavy atom. The van der Waals surface area contributed by atoms with Crippen molar-refractivity contribution in [2.75, 3.05) is 0 Å². The summed E-state index contributed by atoms with van der Waals surface area (Å²) in [5, 5.41) is 10.3. The third-order valence-corrected chi connectivity index (χ3v) is 3.49. The summed E-state index contributed by atoms with van der Waals surface area (Å²) in [6.07, 6.45) is 4.50. The van der Waals surface area contributed by atoms with Crippen LogP contribution < -0.4 is 0 Å². The highest BCUT2D eigenvalue weighted by atomic mass is 16.7. The van der Waals surface area contributed by atoms with Crippen molar-refractivity contribution >= 4 is 0 Å². The van der Waals surface area contributed by atoms with Crippen LogP contribution in [-0.2, 0) is 9.47 Å². The number of aliphatic hydroxyl groups is 1. The van der Waals surface area contributed by atoms with Gasteiger partial charge in [0.2, 0.25) is 0 Å². The Labute approximate surface area is 85.4 Å². The van der Waals surface area contributed by atoms with E-state index in [-0.39, 0.29) is 18.5 Å². The lowest BCUT2D eigenvalue weighted by molar-refractivity contribution is -0.124. The van der Waals surface area contributed by atoms with E-state index in [2.05, 4.69) is 6.92 Å². The van der Waals surface area contributed by atoms with Crippen molar-refractivity contribution in [3.63, 3.8) is 0 Å². The second-order valence-corrected chi connectivity index (χ2v) is 4.45. The molecule has 0 aromatic rings. The first-order valence-electron chi connectivity index (χ1n) is 5.73. The number of fused-ring (bicyclic) bond motifs is 1. The van der Waals surface area contributed by atoms with E-state index in [9.17, 15) is 5.11 Å². The molecule has 14 heavy (non-hydrogen) atoms. The Morgan fingerprint density at radius 1 is 1.36 bits per heavy atom. The van der Waals surface area contributed by atoms with Crippen molar-refractivity contribution in [1.82, 2.24) is 0 Å². The summed E-state index contributed by atoms with van der Waals surface area (Å²) in [6, 6.07) is 0. The molecule has 2 aliphatic rings. The summed E-state index contributed by atoms with van der Waals surface area (Å²) in [4.78, 5) is 0. The van der Waals surface area contributed by atoms with Crippen LogP contribution in [-0.4, -0.2) is 29.2 Å². The first kappa shape index (κ1) is 10.4. The second-order valence-electron chi connectivity index (χ2n) is 4.45. The maximum atomic E-state index is 10.3. The van der Waals surface area contributed by atoms with Gasteiger partial charge in [-0.15, -0.1) is 0 Å². The van der Waals surface area contributed by atoms with Gasteiger partial charge in [-0.05, 0) is 25.7 Å². The Balaban J connectivity index is 1.99. The lowest BCUT2D eigenvalue weighted by atomic mass is 9.96. The Hall–Kier alpha value is -0.120. The molecular weight excluding hydrogens is 180 g/mol. The van der Waals surface area contributed by atoms with E-state index < -0.39 is 5.60 Å². The Kier molecular flexibility index (Phi) is 2.82. The van der Waals surface area contributed by atoms with Crippen LogP contribution in [0.3, 0.4) is 0 Å². The fraction of sp³-hybridized carbons (Fsp3) is 1.00. The van der Waals surface area contributed by atoms with Gasteiger partial charge in [0.25, 0.3) is 0 Å². The summed E-state index contributed by atoms with van der Waals surface area (Å²) < 4.78 is 11.5. The molecule has 0 aromatic heterocycles. The summed E-state index contributed by atoms with van der Waals surface area (Å²) in [5.74, 6) is 0. The molecule has 2 rings (SSSR count). The zero-order valence-corrected chi connectivity index (χ0v) is 9.03. The lowest BCUT2D eigenvalue weighted by Gasteiger charge is -2.26. The molecule has 1 saturated heterocycles. The van der Waals surface area contributed by atoms with Crippen LogP contribution >= 0.6 is 0 Å². The van der Waals surface area contributed by atoms with Crippen LogP contribution in [0.15, 0.2) is 0 Å². The van der Waals surface area contributed by atoms with E-state index in [4.69, 9.17) is 9.47 Å². The molecule has 2 fully saturated rings. The van der Waals surface area contributed by atoms with Crippen molar-refractivity contribution < 1.29 is 14.6 Å². The van der Waals surface area contributed by atoms with Crippen molar-refractivity contribution in [3.8, 4) is 0 Å². The van der Waals surface area contributed by atoms with E-state index in [1.54, 1.807) is 0 Å². The highest BCUT2D eigenvalue weighted by molar-refractivity contribution is 5.01. The fourth-order valence-electron chi connectivity index (χ4n) is 2.53. The first-order chi connectivity index (χ1) is 6.69. The van der Waals surface area contributed by atoms with Crippen LogP contribution in [0.4, 0.5) is 0 Å². The van der Waals surface area contributed by atoms with Crippen molar-refractivity contribution in [2.45, 2.75) is 70.1 Å². The van der Waals surface area contributed by atoms with Crippen molar-refractivity contribution in [1.29, 1.82) is 0 Å². The average molecular weight is 200 g/mol. The minimum atomic E-state index is -0.632. The summed E-state index contributed by atoms with van der Waals surface area (Å²) in [6.45, 7) is 4.13. The molecular formula is C11H20O3. The normalized spacial score (nSPS) is 46.9. The molecule has 1 saturated carbocycles. The SMILES string of the molecule is CCC[C@@H]1O[C@@H]2CC[C@](O)(CC)[C@H]2O1. The zero-order valence-electron chi connectivity index (χ0n) is 9.03. The fourth-order valence-corrected chi connectivity index (χ4v) is 2.53. The Bertz CT molecular complexity index is 207. The molecule has 0 radical (unpaired) electrons. The molecule has 4 atom stereocenters. The van der Waals surface area contributed by atoms with Crippen LogP contribution in [0.2, 0.25) is 0 Å². The summed E-state index contributed by atoms with van der Waals surface area (Å²) >= 11 is 0. The van der Waals surface area contributed by atoms with Gasteiger partial charge in [0.1, 0.15) is 6.10 Å². The van der Waals surface area contributed by atoms with Gasteiger partial charge in [0.05, 0.1) is 11.7 Å². The second kappa shape index (κ2) is 3.80. The van der Waals surface area contributed by atoms with E-state index in [0.717, 1.165) is 32.1 Å². The van der Waals surface area contributed by atoms with Crippen molar-refractivity contribution in [3.05, 3.63) is 0 Å². The third-order valence-electron chi connectivity index (χ3n) is 3.49. The molecule has 1 N–H and O–H groups in total. The van der Waals surface area contributed by atoms with Crippen LogP contribution in [0.1, 0.15) is 46.0 Å². The van der Waals surface area contributed by atoms with Gasteiger partial charge in [-0.2, -0.15) is 0 Å². The molecule has 1 heterocycles. The smallest absolute Gasteiger partial charge is 0.158 e. The molecule has 0 bridgehead atoms. The van der Waals surface area contributed by atoms with Gasteiger partial charge in [-0.1, -0.05) is 20.3 Å². The number of hydrogen-bond donors (Lipinski definition) is 1. The van der Waals surface area contributed by atoms with Gasteiger partial charge in [-0.25, -0.2) is 0 Å². The summed E-state index contributed by atoms with van der Waals surface area (Å²) in [5.41, 5.74) is -0.632. The highest BCUT2D eigenvalue weighted by Crippen LogP contribution is 2.42. The molecule has 82 valence electrons. The molecule has 0 spiro atoms. The largest absolute Gasteiger partial charge is 0.387 e. The molecule has 0 aromatic carbocycles. The Morgan fingerprint density at radius 2 is 2.14 bits per heavy atom. The molecule has 1 aliphatic heterocycles. The molecule has 1 aliphatic carbocycles. The number of ether oxygens (including phenoxy) is 2. The van der Waals surface area contributed by atoms with E-state index in [0.29, 0.717) is 0 Å². The summed E-state index contributed by atoms with van der Waals surface area (Å²) in [7, 11) is 0. The highest BCUT2D eigenvalue weighted by Gasteiger charge is 2.52. The minimum Gasteiger partial charge on any atom is -0.387 e. The van der Waals surface area contributed by atoms with Crippen molar-refractivity contribution in [2.24, 2.45) is 0 Å². The number of rotatable bonds is 3. The van der Waals surface area contributed by atoms with E-state index in [1.165, 1.54) is 0 Å². The molecule has 3 nitrogen and oxygen atoms in total. The van der Waals surface area contributed by atoms with Gasteiger partial charge >= 0.3 is 0 Å². The predicted molar refractivity (Wildman–Crippen MR) is 52.9 cm³/mol. The topological polar surface area (TPSA) is 38.7 Å². The van der Waals surface area contributed by atoms with Gasteiger partial charge < -0.3 is 14.6 Å². The first-order valence-corrected chi connectivity index (χ1v) is 5.73. The van der Waals surface area contributed by atoms with Crippen LogP contribution in [0.5, 0.6) is 0 Å². The predicted octanol–water partition coefficient (Wildman–Crippen LogP) is 1.83. The molecule has 0 amide bonds. The van der Waals surface area contributed by atoms with Crippen LogP contribution in [0.25, 0.3) is 0 Å². The third kappa shape index (κ3) is 1.58. The standard InChI is InChI=1S/C11H20O3/c1-3-5-9-13-8-6-7-11(12,4-2)10(8)14-9/h8-10,12H,3-7H2,1-2H3/t8-,9-,10+,11-/m1/s1. The lowest BCUT2D eigenvalue weighted by Crippen LogP contribution is -2.40. The average Bonchev–Trinajstić information content (AvgIpc) is 2.69. The molecule has 3 heteroatoms. The monoisotopic (exact) mass is 200 g/mol. The minimum absolute atomic E-state index is 0.0756. The maximum absolute atomic E-state index is 10.3. The maximum Gasteiger partial charge on any atom is 0.158 e. The molecule has 0 unspecified atom stereocenters. The van der Waals surface area contributed by atoms with E-state index >= 15 is 0 Å². The van der Waals surface area contributed by atoms with Gasteiger partial charge in [0.15, 0.2) is 6.29 Å².